The third-order valence-electron chi connectivity index (χ3n) is 3.77. The average Bonchev–Trinajstić information content (AvgIpc) is 3.04. The Morgan fingerprint density at radius 3 is 2.79 bits per heavy atom. The van der Waals surface area contributed by atoms with Crippen molar-refractivity contribution in [2.45, 2.75) is 37.8 Å². The van der Waals surface area contributed by atoms with Gasteiger partial charge in [0.05, 0.1) is 12.6 Å². The van der Waals surface area contributed by atoms with Crippen molar-refractivity contribution in [3.05, 3.63) is 41.5 Å². The van der Waals surface area contributed by atoms with E-state index in [9.17, 15) is 22.7 Å². The molecular formula is C14H15F4N5O. The van der Waals surface area contributed by atoms with Gasteiger partial charge in [0.15, 0.2) is 12.4 Å². The fourth-order valence-electron chi connectivity index (χ4n) is 2.86. The molecule has 1 aromatic heterocycles. The minimum Gasteiger partial charge on any atom is -0.392 e. The topological polar surface area (TPSA) is 67.1 Å². The highest BCUT2D eigenvalue weighted by Crippen LogP contribution is 2.33. The first kappa shape index (κ1) is 16.8. The largest absolute Gasteiger partial charge is 0.409 e. The van der Waals surface area contributed by atoms with Crippen molar-refractivity contribution in [3.63, 3.8) is 0 Å². The Kier molecular flexibility index (Phi) is 4.50. The minimum absolute atomic E-state index is 0.120. The van der Waals surface area contributed by atoms with E-state index in [2.05, 4.69) is 15.4 Å². The van der Waals surface area contributed by atoms with Crippen molar-refractivity contribution in [1.82, 2.24) is 25.1 Å². The quantitative estimate of drug-likeness (QED) is 0.854. The van der Waals surface area contributed by atoms with E-state index in [1.807, 2.05) is 0 Å². The van der Waals surface area contributed by atoms with Crippen LogP contribution in [-0.2, 0) is 13.1 Å². The Labute approximate surface area is 134 Å². The lowest BCUT2D eigenvalue weighted by atomic mass is 10.0. The molecule has 0 aliphatic carbocycles. The summed E-state index contributed by atoms with van der Waals surface area (Å²) < 4.78 is 50.4. The molecule has 2 heterocycles. The number of rotatable bonds is 4. The number of hydrogen-bond donors (Lipinski definition) is 1. The van der Waals surface area contributed by atoms with Crippen LogP contribution in [0.2, 0.25) is 0 Å². The standard InChI is InChI=1S/C14H15F4N5O/c15-10-3-1-2-9(4-10)12-5-11(24)6-22(12)7-13-19-21-23(20-13)8-14(16,17)18/h1-4,11-12,24H,5-8H2/t11-,12-/m1/s1. The highest BCUT2D eigenvalue weighted by molar-refractivity contribution is 5.21. The molecule has 1 aliphatic heterocycles. The van der Waals surface area contributed by atoms with Gasteiger partial charge < -0.3 is 5.11 Å². The molecule has 0 spiro atoms. The van der Waals surface area contributed by atoms with Crippen molar-refractivity contribution in [2.24, 2.45) is 0 Å². The average molecular weight is 345 g/mol. The van der Waals surface area contributed by atoms with Gasteiger partial charge in [0.25, 0.3) is 0 Å². The number of aliphatic hydroxyl groups excluding tert-OH is 1. The molecule has 2 aromatic rings. The summed E-state index contributed by atoms with van der Waals surface area (Å²) in [6.45, 7) is -0.888. The summed E-state index contributed by atoms with van der Waals surface area (Å²) in [5.41, 5.74) is 0.689. The van der Waals surface area contributed by atoms with Gasteiger partial charge in [0.1, 0.15) is 5.82 Å². The van der Waals surface area contributed by atoms with Gasteiger partial charge in [-0.1, -0.05) is 12.1 Å². The van der Waals surface area contributed by atoms with Gasteiger partial charge in [0, 0.05) is 12.6 Å². The van der Waals surface area contributed by atoms with Crippen LogP contribution >= 0.6 is 0 Å². The van der Waals surface area contributed by atoms with E-state index in [1.165, 1.54) is 12.1 Å². The van der Waals surface area contributed by atoms with Gasteiger partial charge in [-0.25, -0.2) is 4.39 Å². The number of tetrazole rings is 1. The third kappa shape index (κ3) is 4.06. The van der Waals surface area contributed by atoms with Crippen LogP contribution in [0, 0.1) is 5.82 Å². The maximum absolute atomic E-state index is 13.4. The second-order valence-corrected chi connectivity index (χ2v) is 5.74. The number of alkyl halides is 3. The van der Waals surface area contributed by atoms with Crippen LogP contribution in [0.3, 0.4) is 0 Å². The van der Waals surface area contributed by atoms with Crippen LogP contribution in [0.1, 0.15) is 23.9 Å². The summed E-state index contributed by atoms with van der Waals surface area (Å²) in [5.74, 6) is -0.266. The molecule has 3 rings (SSSR count). The molecule has 0 radical (unpaired) electrons. The van der Waals surface area contributed by atoms with Crippen molar-refractivity contribution in [3.8, 4) is 0 Å². The maximum atomic E-state index is 13.4. The first-order chi connectivity index (χ1) is 11.3. The van der Waals surface area contributed by atoms with Crippen LogP contribution in [0.25, 0.3) is 0 Å². The Morgan fingerprint density at radius 2 is 2.08 bits per heavy atom. The molecule has 6 nitrogen and oxygen atoms in total. The van der Waals surface area contributed by atoms with Crippen molar-refractivity contribution >= 4 is 0 Å². The Balaban J connectivity index is 1.73. The minimum atomic E-state index is -4.42. The Hall–Kier alpha value is -2.07. The molecule has 1 saturated heterocycles. The fourth-order valence-corrected chi connectivity index (χ4v) is 2.86. The molecule has 130 valence electrons. The summed E-state index contributed by atoms with van der Waals surface area (Å²) in [4.78, 5) is 2.29. The summed E-state index contributed by atoms with van der Waals surface area (Å²) in [5, 5.41) is 20.6. The second kappa shape index (κ2) is 6.44. The first-order valence-corrected chi connectivity index (χ1v) is 7.31. The highest BCUT2D eigenvalue weighted by atomic mass is 19.4. The van der Waals surface area contributed by atoms with E-state index in [4.69, 9.17) is 0 Å². The Bertz CT molecular complexity index is 704. The molecule has 0 unspecified atom stereocenters. The van der Waals surface area contributed by atoms with Gasteiger partial charge in [0.2, 0.25) is 0 Å². The van der Waals surface area contributed by atoms with Gasteiger partial charge in [-0.3, -0.25) is 4.90 Å². The number of likely N-dealkylation sites (tertiary alicyclic amines) is 1. The van der Waals surface area contributed by atoms with Crippen molar-refractivity contribution in [2.75, 3.05) is 6.54 Å². The molecule has 0 saturated carbocycles. The molecule has 1 aromatic carbocycles. The van der Waals surface area contributed by atoms with E-state index in [0.29, 0.717) is 23.3 Å². The number of aromatic nitrogens is 4. The lowest BCUT2D eigenvalue weighted by Crippen LogP contribution is -2.25. The van der Waals surface area contributed by atoms with E-state index in [-0.39, 0.29) is 24.2 Å². The number of β-amino-alcohol motifs (C(OH)–C–C–N with tert-alkyl or cyclic N) is 1. The second-order valence-electron chi connectivity index (χ2n) is 5.74. The number of benzene rings is 1. The summed E-state index contributed by atoms with van der Waals surface area (Å²) in [6, 6.07) is 5.76. The molecule has 10 heteroatoms. The lowest BCUT2D eigenvalue weighted by molar-refractivity contribution is -0.145. The van der Waals surface area contributed by atoms with Crippen LogP contribution in [0.5, 0.6) is 0 Å². The normalized spacial score (nSPS) is 22.2. The fraction of sp³-hybridized carbons (Fsp3) is 0.500. The van der Waals surface area contributed by atoms with Gasteiger partial charge in [-0.05, 0) is 29.3 Å². The van der Waals surface area contributed by atoms with Gasteiger partial charge in [-0.15, -0.1) is 10.2 Å². The molecule has 1 fully saturated rings. The summed E-state index contributed by atoms with van der Waals surface area (Å²) in [6.07, 6.45) is -4.63. The Morgan fingerprint density at radius 1 is 1.29 bits per heavy atom. The monoisotopic (exact) mass is 345 g/mol. The van der Waals surface area contributed by atoms with Gasteiger partial charge >= 0.3 is 6.18 Å². The molecule has 0 bridgehead atoms. The summed E-state index contributed by atoms with van der Waals surface area (Å²) in [7, 11) is 0. The zero-order chi connectivity index (χ0) is 17.3. The first-order valence-electron chi connectivity index (χ1n) is 7.31. The molecule has 1 N–H and O–H groups in total. The van der Waals surface area contributed by atoms with Crippen molar-refractivity contribution in [1.29, 1.82) is 0 Å². The molecule has 1 aliphatic rings. The van der Waals surface area contributed by atoms with Gasteiger partial charge in [-0.2, -0.15) is 18.0 Å². The number of halogens is 4. The number of nitrogens with zero attached hydrogens (tertiary/aromatic N) is 5. The van der Waals surface area contributed by atoms with E-state index < -0.39 is 18.8 Å². The number of hydrogen-bond acceptors (Lipinski definition) is 5. The molecular weight excluding hydrogens is 330 g/mol. The van der Waals surface area contributed by atoms with Crippen LogP contribution in [-0.4, -0.2) is 49.0 Å². The van der Waals surface area contributed by atoms with Crippen LogP contribution in [0.15, 0.2) is 24.3 Å². The number of aliphatic hydroxyl groups is 1. The highest BCUT2D eigenvalue weighted by Gasteiger charge is 2.34. The van der Waals surface area contributed by atoms with Crippen molar-refractivity contribution < 1.29 is 22.7 Å². The van der Waals surface area contributed by atoms with E-state index in [0.717, 1.165) is 0 Å². The lowest BCUT2D eigenvalue weighted by Gasteiger charge is -2.22. The zero-order valence-electron chi connectivity index (χ0n) is 12.5. The smallest absolute Gasteiger partial charge is 0.392 e. The summed E-state index contributed by atoms with van der Waals surface area (Å²) >= 11 is 0. The molecule has 0 amide bonds. The molecule has 2 atom stereocenters. The zero-order valence-corrected chi connectivity index (χ0v) is 12.5. The predicted molar refractivity (Wildman–Crippen MR) is 74.0 cm³/mol. The van der Waals surface area contributed by atoms with Crippen LogP contribution in [0.4, 0.5) is 17.6 Å². The van der Waals surface area contributed by atoms with Crippen LogP contribution < -0.4 is 0 Å². The predicted octanol–water partition coefficient (Wildman–Crippen LogP) is 1.68. The third-order valence-corrected chi connectivity index (χ3v) is 3.77. The molecule has 24 heavy (non-hydrogen) atoms. The maximum Gasteiger partial charge on any atom is 0.409 e. The SMILES string of the molecule is O[C@@H]1C[C@H](c2cccc(F)c2)N(Cc2nnn(CC(F)(F)F)n2)C1. The van der Waals surface area contributed by atoms with E-state index >= 15 is 0 Å². The van der Waals surface area contributed by atoms with E-state index in [1.54, 1.807) is 17.0 Å².